The standard InChI is InChI=1S/C25H29FO3S/c1-24-12-10-21-20-9-3-17(27)14-16(20)2-8-22(21)23(24)11-13-25(24,28)15-29-18-4-6-19(30-26)7-5-18/h2-7,9,14,20-23,27-28H,8,10-13,15H2,1H3/t20-,21+,22+,23-,24-,25?/m0/s1. The van der Waals surface area contributed by atoms with Crippen LogP contribution in [0, 0.1) is 29.1 Å². The van der Waals surface area contributed by atoms with E-state index in [9.17, 15) is 14.1 Å². The Balaban J connectivity index is 1.34. The van der Waals surface area contributed by atoms with Gasteiger partial charge in [-0.1, -0.05) is 19.1 Å². The summed E-state index contributed by atoms with van der Waals surface area (Å²) < 4.78 is 18.7. The molecule has 1 unspecified atom stereocenters. The van der Waals surface area contributed by atoms with Gasteiger partial charge in [0, 0.05) is 16.2 Å². The molecule has 0 aromatic heterocycles. The summed E-state index contributed by atoms with van der Waals surface area (Å²) in [6, 6.07) is 6.93. The summed E-state index contributed by atoms with van der Waals surface area (Å²) in [6.07, 6.45) is 13.1. The van der Waals surface area contributed by atoms with E-state index in [4.69, 9.17) is 4.74 Å². The van der Waals surface area contributed by atoms with Crippen LogP contribution in [0.25, 0.3) is 0 Å². The Hall–Kier alpha value is -1.72. The monoisotopic (exact) mass is 428 g/mol. The first-order chi connectivity index (χ1) is 14.4. The van der Waals surface area contributed by atoms with Crippen LogP contribution in [0.3, 0.4) is 0 Å². The summed E-state index contributed by atoms with van der Waals surface area (Å²) in [7, 11) is 0. The first-order valence-corrected chi connectivity index (χ1v) is 11.7. The predicted octanol–water partition coefficient (Wildman–Crippen LogP) is 6.17. The SMILES string of the molecule is C[C@]12CC[C@H]3[C@@H](CC=C4C=C(O)C=C[C@@H]43)[C@@H]1CCC2(O)COc1ccc(SF)cc1. The molecule has 2 N–H and O–H groups in total. The minimum atomic E-state index is -0.847. The average molecular weight is 429 g/mol. The highest BCUT2D eigenvalue weighted by atomic mass is 32.2. The van der Waals surface area contributed by atoms with Crippen LogP contribution in [0.1, 0.15) is 39.0 Å². The molecular weight excluding hydrogens is 399 g/mol. The zero-order chi connectivity index (χ0) is 20.9. The van der Waals surface area contributed by atoms with Gasteiger partial charge in [-0.3, -0.25) is 0 Å². The molecule has 1 aromatic rings. The maximum absolute atomic E-state index is 12.7. The fourth-order valence-electron chi connectivity index (χ4n) is 6.72. The minimum Gasteiger partial charge on any atom is -0.508 e. The quantitative estimate of drug-likeness (QED) is 0.602. The van der Waals surface area contributed by atoms with Gasteiger partial charge < -0.3 is 14.9 Å². The first kappa shape index (κ1) is 20.2. The smallest absolute Gasteiger partial charge is 0.119 e. The summed E-state index contributed by atoms with van der Waals surface area (Å²) in [5.74, 6) is 3.03. The zero-order valence-corrected chi connectivity index (χ0v) is 18.1. The number of halogens is 1. The maximum atomic E-state index is 12.7. The summed E-state index contributed by atoms with van der Waals surface area (Å²) in [4.78, 5) is 0.553. The van der Waals surface area contributed by atoms with Crippen LogP contribution in [0.2, 0.25) is 0 Å². The molecule has 0 saturated heterocycles. The Labute approximate surface area is 182 Å². The average Bonchev–Trinajstić information content (AvgIpc) is 3.03. The third kappa shape index (κ3) is 3.13. The third-order valence-corrected chi connectivity index (χ3v) is 8.92. The molecule has 5 rings (SSSR count). The fraction of sp³-hybridized carbons (Fsp3) is 0.520. The lowest BCUT2D eigenvalue weighted by Crippen LogP contribution is -2.54. The largest absolute Gasteiger partial charge is 0.508 e. The summed E-state index contributed by atoms with van der Waals surface area (Å²) in [5, 5.41) is 21.6. The van der Waals surface area contributed by atoms with E-state index in [-0.39, 0.29) is 24.2 Å². The van der Waals surface area contributed by atoms with Crippen molar-refractivity contribution in [2.24, 2.45) is 29.1 Å². The van der Waals surface area contributed by atoms with Gasteiger partial charge >= 0.3 is 0 Å². The number of aliphatic hydroxyl groups excluding tert-OH is 1. The number of benzene rings is 1. The lowest BCUT2D eigenvalue weighted by atomic mass is 9.52. The third-order valence-electron chi connectivity index (χ3n) is 8.47. The number of ether oxygens (including phenoxy) is 1. The van der Waals surface area contributed by atoms with Gasteiger partial charge in [-0.2, -0.15) is 3.89 Å². The fourth-order valence-corrected chi connectivity index (χ4v) is 6.96. The number of hydrogen-bond acceptors (Lipinski definition) is 4. The molecule has 6 atom stereocenters. The van der Waals surface area contributed by atoms with E-state index < -0.39 is 5.60 Å². The van der Waals surface area contributed by atoms with Crippen molar-refractivity contribution in [1.29, 1.82) is 0 Å². The molecule has 2 fully saturated rings. The van der Waals surface area contributed by atoms with Crippen molar-refractivity contribution in [3.8, 4) is 5.75 Å². The van der Waals surface area contributed by atoms with Gasteiger partial charge in [0.15, 0.2) is 0 Å². The first-order valence-electron chi connectivity index (χ1n) is 11.0. The molecule has 0 bridgehead atoms. The second-order valence-electron chi connectivity index (χ2n) is 9.69. The van der Waals surface area contributed by atoms with Crippen LogP contribution < -0.4 is 4.74 Å². The molecule has 5 heteroatoms. The summed E-state index contributed by atoms with van der Waals surface area (Å²) in [6.45, 7) is 2.54. The Kier molecular flexibility index (Phi) is 5.02. The lowest BCUT2D eigenvalue weighted by Gasteiger charge is -2.54. The van der Waals surface area contributed by atoms with Crippen molar-refractivity contribution in [2.45, 2.75) is 49.5 Å². The Bertz CT molecular complexity index is 907. The van der Waals surface area contributed by atoms with Crippen LogP contribution in [0.4, 0.5) is 3.89 Å². The molecule has 3 nitrogen and oxygen atoms in total. The second-order valence-corrected chi connectivity index (χ2v) is 10.3. The summed E-state index contributed by atoms with van der Waals surface area (Å²) in [5.41, 5.74) is 0.247. The molecule has 0 spiro atoms. The van der Waals surface area contributed by atoms with Gasteiger partial charge in [0.25, 0.3) is 0 Å². The predicted molar refractivity (Wildman–Crippen MR) is 117 cm³/mol. The van der Waals surface area contributed by atoms with E-state index in [1.807, 2.05) is 12.2 Å². The van der Waals surface area contributed by atoms with E-state index in [1.165, 1.54) is 5.57 Å². The maximum Gasteiger partial charge on any atom is 0.119 e. The minimum absolute atomic E-state index is 0.162. The molecular formula is C25H29FO3S. The highest BCUT2D eigenvalue weighted by Gasteiger charge is 2.62. The molecule has 4 aliphatic carbocycles. The van der Waals surface area contributed by atoms with E-state index in [2.05, 4.69) is 19.1 Å². The van der Waals surface area contributed by atoms with Gasteiger partial charge in [-0.25, -0.2) is 0 Å². The Morgan fingerprint density at radius 1 is 1.17 bits per heavy atom. The Morgan fingerprint density at radius 2 is 1.97 bits per heavy atom. The van der Waals surface area contributed by atoms with Gasteiger partial charge in [0.2, 0.25) is 0 Å². The highest BCUT2D eigenvalue weighted by Crippen LogP contribution is 2.64. The highest BCUT2D eigenvalue weighted by molar-refractivity contribution is 7.94. The van der Waals surface area contributed by atoms with Gasteiger partial charge in [-0.15, -0.1) is 0 Å². The molecule has 0 aliphatic heterocycles. The lowest BCUT2D eigenvalue weighted by molar-refractivity contribution is -0.129. The van der Waals surface area contributed by atoms with Crippen LogP contribution in [-0.2, 0) is 0 Å². The van der Waals surface area contributed by atoms with Crippen LogP contribution in [-0.4, -0.2) is 22.4 Å². The van der Waals surface area contributed by atoms with E-state index in [0.717, 1.165) is 32.1 Å². The Morgan fingerprint density at radius 3 is 2.73 bits per heavy atom. The van der Waals surface area contributed by atoms with Gasteiger partial charge in [-0.05, 0) is 91.8 Å². The van der Waals surface area contributed by atoms with Gasteiger partial charge in [0.05, 0.1) is 12.1 Å². The molecule has 160 valence electrons. The van der Waals surface area contributed by atoms with Crippen molar-refractivity contribution in [2.75, 3.05) is 6.61 Å². The van der Waals surface area contributed by atoms with Crippen molar-refractivity contribution < 1.29 is 18.8 Å². The zero-order valence-electron chi connectivity index (χ0n) is 17.3. The molecule has 30 heavy (non-hydrogen) atoms. The number of aliphatic hydroxyl groups is 2. The van der Waals surface area contributed by atoms with E-state index >= 15 is 0 Å². The molecule has 2 saturated carbocycles. The van der Waals surface area contributed by atoms with Crippen molar-refractivity contribution in [1.82, 2.24) is 0 Å². The van der Waals surface area contributed by atoms with E-state index in [0.29, 0.717) is 40.1 Å². The second kappa shape index (κ2) is 7.45. The van der Waals surface area contributed by atoms with E-state index in [1.54, 1.807) is 24.3 Å². The van der Waals surface area contributed by atoms with Gasteiger partial charge in [0.1, 0.15) is 23.7 Å². The molecule has 0 radical (unpaired) electrons. The molecule has 0 amide bonds. The van der Waals surface area contributed by atoms with Crippen LogP contribution >= 0.6 is 12.1 Å². The topological polar surface area (TPSA) is 49.7 Å². The number of hydrogen-bond donors (Lipinski definition) is 2. The number of fused-ring (bicyclic) bond motifs is 5. The number of allylic oxidation sites excluding steroid dienone is 5. The molecule has 4 aliphatic rings. The van der Waals surface area contributed by atoms with Crippen LogP contribution in [0.15, 0.2) is 64.8 Å². The van der Waals surface area contributed by atoms with Crippen molar-refractivity contribution in [3.63, 3.8) is 0 Å². The number of rotatable bonds is 4. The van der Waals surface area contributed by atoms with Crippen LogP contribution in [0.5, 0.6) is 5.75 Å². The molecule has 1 aromatic carbocycles. The summed E-state index contributed by atoms with van der Waals surface area (Å²) >= 11 is 0.221. The van der Waals surface area contributed by atoms with Crippen molar-refractivity contribution in [3.05, 3.63) is 59.9 Å². The normalized spacial score (nSPS) is 39.4. The van der Waals surface area contributed by atoms with Crippen molar-refractivity contribution >= 4 is 12.1 Å². The molecule has 0 heterocycles.